The Bertz CT molecular complexity index is 479. The average molecular weight is 253 g/mol. The van der Waals surface area contributed by atoms with Gasteiger partial charge in [-0.2, -0.15) is 0 Å². The molecule has 1 saturated carbocycles. The maximum absolute atomic E-state index is 12.4. The fraction of sp³-hybridized carbons (Fsp3) is 0.538. The zero-order valence-electron chi connectivity index (χ0n) is 10.1. The minimum absolute atomic E-state index is 0.213. The molecule has 0 heterocycles. The van der Waals surface area contributed by atoms with Gasteiger partial charge in [-0.3, -0.25) is 0 Å². The molecule has 2 atom stereocenters. The number of hydrogen-bond acceptors (Lipinski definition) is 3. The van der Waals surface area contributed by atoms with E-state index in [1.807, 2.05) is 19.1 Å². The van der Waals surface area contributed by atoms with Crippen molar-refractivity contribution in [1.82, 2.24) is 0 Å². The molecule has 0 unspecified atom stereocenters. The lowest BCUT2D eigenvalue weighted by Crippen LogP contribution is -2.42. The van der Waals surface area contributed by atoms with Crippen LogP contribution in [0.15, 0.2) is 29.2 Å². The Morgan fingerprint density at radius 1 is 1.12 bits per heavy atom. The van der Waals surface area contributed by atoms with Gasteiger partial charge in [-0.15, -0.1) is 0 Å². The highest BCUT2D eigenvalue weighted by atomic mass is 32.2. The van der Waals surface area contributed by atoms with Crippen LogP contribution in [0.1, 0.15) is 31.2 Å². The SMILES string of the molecule is Cc1ccc(S(=O)(=O)[C@@H]2CCCC[C@H]2N)cc1. The molecule has 0 bridgehead atoms. The van der Waals surface area contributed by atoms with E-state index >= 15 is 0 Å². The summed E-state index contributed by atoms with van der Waals surface area (Å²) in [6.07, 6.45) is 3.51. The summed E-state index contributed by atoms with van der Waals surface area (Å²) in [6.45, 7) is 1.95. The molecule has 4 heteroatoms. The molecule has 2 N–H and O–H groups in total. The largest absolute Gasteiger partial charge is 0.327 e. The van der Waals surface area contributed by atoms with Crippen LogP contribution >= 0.6 is 0 Å². The Labute approximate surface area is 103 Å². The summed E-state index contributed by atoms with van der Waals surface area (Å²) in [6, 6.07) is 6.83. The highest BCUT2D eigenvalue weighted by molar-refractivity contribution is 7.92. The highest BCUT2D eigenvalue weighted by Crippen LogP contribution is 2.28. The number of nitrogens with two attached hydrogens (primary N) is 1. The molecule has 0 aliphatic heterocycles. The number of hydrogen-bond donors (Lipinski definition) is 1. The van der Waals surface area contributed by atoms with Gasteiger partial charge in [0.1, 0.15) is 0 Å². The Kier molecular flexibility index (Phi) is 3.54. The van der Waals surface area contributed by atoms with Crippen molar-refractivity contribution in [1.29, 1.82) is 0 Å². The maximum atomic E-state index is 12.4. The summed E-state index contributed by atoms with van der Waals surface area (Å²) in [4.78, 5) is 0.408. The second-order valence-electron chi connectivity index (χ2n) is 4.84. The molecular formula is C13H19NO2S. The summed E-state index contributed by atoms with van der Waals surface area (Å²) in [5.41, 5.74) is 7.02. The number of aryl methyl sites for hydroxylation is 1. The van der Waals surface area contributed by atoms with Gasteiger partial charge in [-0.1, -0.05) is 30.5 Å². The zero-order valence-corrected chi connectivity index (χ0v) is 10.9. The lowest BCUT2D eigenvalue weighted by molar-refractivity contribution is 0.432. The number of sulfone groups is 1. The van der Waals surface area contributed by atoms with E-state index < -0.39 is 15.1 Å². The van der Waals surface area contributed by atoms with Crippen molar-refractivity contribution in [3.63, 3.8) is 0 Å². The first-order valence-electron chi connectivity index (χ1n) is 6.08. The average Bonchev–Trinajstić information content (AvgIpc) is 2.30. The van der Waals surface area contributed by atoms with E-state index in [4.69, 9.17) is 5.73 Å². The summed E-state index contributed by atoms with van der Waals surface area (Å²) < 4.78 is 24.9. The van der Waals surface area contributed by atoms with Gasteiger partial charge in [0.05, 0.1) is 10.1 Å². The smallest absolute Gasteiger partial charge is 0.182 e. The third-order valence-corrected chi connectivity index (χ3v) is 5.81. The lowest BCUT2D eigenvalue weighted by Gasteiger charge is -2.28. The molecule has 0 aromatic heterocycles. The zero-order chi connectivity index (χ0) is 12.5. The van der Waals surface area contributed by atoms with Crippen molar-refractivity contribution in [3.8, 4) is 0 Å². The van der Waals surface area contributed by atoms with Crippen molar-refractivity contribution in [2.75, 3.05) is 0 Å². The van der Waals surface area contributed by atoms with Gasteiger partial charge in [-0.25, -0.2) is 8.42 Å². The van der Waals surface area contributed by atoms with Gasteiger partial charge in [-0.05, 0) is 31.9 Å². The minimum Gasteiger partial charge on any atom is -0.327 e. The second kappa shape index (κ2) is 4.78. The van der Waals surface area contributed by atoms with Crippen LogP contribution in [0.4, 0.5) is 0 Å². The Balaban J connectivity index is 2.32. The van der Waals surface area contributed by atoms with Crippen LogP contribution < -0.4 is 5.73 Å². The molecule has 17 heavy (non-hydrogen) atoms. The molecule has 1 aromatic carbocycles. The number of rotatable bonds is 2. The summed E-state index contributed by atoms with van der Waals surface area (Å²) in [5.74, 6) is 0. The molecule has 2 rings (SSSR count). The lowest BCUT2D eigenvalue weighted by atomic mass is 9.96. The van der Waals surface area contributed by atoms with Crippen molar-refractivity contribution < 1.29 is 8.42 Å². The van der Waals surface area contributed by atoms with Gasteiger partial charge < -0.3 is 5.73 Å². The Morgan fingerprint density at radius 2 is 1.71 bits per heavy atom. The molecule has 0 amide bonds. The first-order valence-corrected chi connectivity index (χ1v) is 7.62. The van der Waals surface area contributed by atoms with Crippen LogP contribution in [0, 0.1) is 6.92 Å². The predicted octanol–water partition coefficient (Wildman–Crippen LogP) is 2.04. The van der Waals surface area contributed by atoms with Crippen LogP contribution in [0.5, 0.6) is 0 Å². The standard InChI is InChI=1S/C13H19NO2S/c1-10-6-8-11(9-7-10)17(15,16)13-5-3-2-4-12(13)14/h6-9,12-13H,2-5,14H2,1H3/t12-,13-/m1/s1. The molecule has 1 aliphatic rings. The van der Waals surface area contributed by atoms with Gasteiger partial charge >= 0.3 is 0 Å². The molecule has 1 aliphatic carbocycles. The maximum Gasteiger partial charge on any atom is 0.182 e. The fourth-order valence-corrected chi connectivity index (χ4v) is 4.35. The van der Waals surface area contributed by atoms with E-state index in [0.29, 0.717) is 11.3 Å². The Hall–Kier alpha value is -0.870. The molecule has 0 spiro atoms. The summed E-state index contributed by atoms with van der Waals surface area (Å²) in [5, 5.41) is -0.404. The van der Waals surface area contributed by atoms with Crippen molar-refractivity contribution in [3.05, 3.63) is 29.8 Å². The molecule has 0 saturated heterocycles. The van der Waals surface area contributed by atoms with Crippen molar-refractivity contribution in [2.24, 2.45) is 5.73 Å². The van der Waals surface area contributed by atoms with Crippen LogP contribution in [-0.4, -0.2) is 19.7 Å². The molecular weight excluding hydrogens is 234 g/mol. The van der Waals surface area contributed by atoms with Crippen molar-refractivity contribution >= 4 is 9.84 Å². The van der Waals surface area contributed by atoms with Crippen molar-refractivity contribution in [2.45, 2.75) is 48.8 Å². The predicted molar refractivity (Wildman–Crippen MR) is 68.6 cm³/mol. The van der Waals surface area contributed by atoms with Gasteiger partial charge in [0.15, 0.2) is 9.84 Å². The quantitative estimate of drug-likeness (QED) is 0.877. The van der Waals surface area contributed by atoms with E-state index in [-0.39, 0.29) is 6.04 Å². The van der Waals surface area contributed by atoms with E-state index in [0.717, 1.165) is 24.8 Å². The number of benzene rings is 1. The first kappa shape index (κ1) is 12.6. The molecule has 1 aromatic rings. The first-order chi connectivity index (χ1) is 8.01. The molecule has 0 radical (unpaired) electrons. The monoisotopic (exact) mass is 253 g/mol. The molecule has 1 fully saturated rings. The third-order valence-electron chi connectivity index (χ3n) is 3.50. The normalized spacial score (nSPS) is 25.8. The van der Waals surface area contributed by atoms with Crippen LogP contribution in [-0.2, 0) is 9.84 Å². The van der Waals surface area contributed by atoms with Gasteiger partial charge in [0.25, 0.3) is 0 Å². The minimum atomic E-state index is -3.25. The topological polar surface area (TPSA) is 60.2 Å². The van der Waals surface area contributed by atoms with Crippen LogP contribution in [0.2, 0.25) is 0 Å². The fourth-order valence-electron chi connectivity index (χ4n) is 2.41. The van der Waals surface area contributed by atoms with Gasteiger partial charge in [0, 0.05) is 6.04 Å². The van der Waals surface area contributed by atoms with E-state index in [1.54, 1.807) is 12.1 Å². The van der Waals surface area contributed by atoms with Crippen LogP contribution in [0.25, 0.3) is 0 Å². The molecule has 3 nitrogen and oxygen atoms in total. The summed E-state index contributed by atoms with van der Waals surface area (Å²) in [7, 11) is -3.25. The van der Waals surface area contributed by atoms with E-state index in [2.05, 4.69) is 0 Å². The van der Waals surface area contributed by atoms with Gasteiger partial charge in [0.2, 0.25) is 0 Å². The van der Waals surface area contributed by atoms with E-state index in [9.17, 15) is 8.42 Å². The molecule has 94 valence electrons. The van der Waals surface area contributed by atoms with E-state index in [1.165, 1.54) is 0 Å². The third kappa shape index (κ3) is 2.53. The second-order valence-corrected chi connectivity index (χ2v) is 7.01. The van der Waals surface area contributed by atoms with Crippen LogP contribution in [0.3, 0.4) is 0 Å². The highest BCUT2D eigenvalue weighted by Gasteiger charge is 2.34. The summed E-state index contributed by atoms with van der Waals surface area (Å²) >= 11 is 0. The Morgan fingerprint density at radius 3 is 2.29 bits per heavy atom.